The number of hydrogen-bond donors (Lipinski definition) is 1. The number of hydrogen-bond acceptors (Lipinski definition) is 6. The topological polar surface area (TPSA) is 53.9 Å². The van der Waals surface area contributed by atoms with Crippen LogP contribution in [-0.2, 0) is 0 Å². The molecule has 118 valence electrons. The number of aryl methyl sites for hydroxylation is 1. The van der Waals surface area contributed by atoms with Crippen LogP contribution in [0.2, 0.25) is 0 Å². The number of fused-ring (bicyclic) bond motifs is 1. The second kappa shape index (κ2) is 6.12. The van der Waals surface area contributed by atoms with Crippen LogP contribution < -0.4 is 10.2 Å². The van der Waals surface area contributed by atoms with Gasteiger partial charge in [-0.3, -0.25) is 0 Å². The summed E-state index contributed by atoms with van der Waals surface area (Å²) in [6.45, 7) is 5.08. The molecule has 0 aliphatic carbocycles. The van der Waals surface area contributed by atoms with Crippen LogP contribution in [0.15, 0.2) is 36.1 Å². The lowest BCUT2D eigenvalue weighted by molar-refractivity contribution is 0.621. The van der Waals surface area contributed by atoms with Crippen LogP contribution >= 0.6 is 11.3 Å². The Balaban J connectivity index is 1.41. The monoisotopic (exact) mass is 325 g/mol. The first-order chi connectivity index (χ1) is 11.3. The summed E-state index contributed by atoms with van der Waals surface area (Å²) in [6.07, 6.45) is 4.75. The molecule has 0 saturated carbocycles. The first-order valence-corrected chi connectivity index (χ1v) is 8.77. The van der Waals surface area contributed by atoms with Crippen LogP contribution in [-0.4, -0.2) is 34.6 Å². The van der Waals surface area contributed by atoms with Gasteiger partial charge in [-0.25, -0.2) is 15.0 Å². The molecule has 5 nitrogen and oxygen atoms in total. The molecule has 23 heavy (non-hydrogen) atoms. The molecule has 3 aromatic heterocycles. The second-order valence-corrected chi connectivity index (χ2v) is 6.93. The van der Waals surface area contributed by atoms with Gasteiger partial charge in [0.15, 0.2) is 0 Å². The standard InChI is InChI=1S/C17H19N5S/c1-12-2-3-15(18-8-12)19-9-13-4-6-22(10-13)16-14-5-7-23-17(14)21-11-20-16/h2-3,5,7-8,11,13H,4,6,9-10H2,1H3,(H,18,19)/t13-/m0/s1. The third kappa shape index (κ3) is 2.99. The molecule has 0 unspecified atom stereocenters. The van der Waals surface area contributed by atoms with Crippen molar-refractivity contribution in [3.05, 3.63) is 41.7 Å². The van der Waals surface area contributed by atoms with Crippen molar-refractivity contribution in [2.24, 2.45) is 5.92 Å². The maximum absolute atomic E-state index is 4.51. The van der Waals surface area contributed by atoms with E-state index in [1.54, 1.807) is 17.7 Å². The van der Waals surface area contributed by atoms with E-state index in [-0.39, 0.29) is 0 Å². The molecule has 1 aliphatic rings. The maximum atomic E-state index is 4.51. The summed E-state index contributed by atoms with van der Waals surface area (Å²) in [5.41, 5.74) is 1.19. The fraction of sp³-hybridized carbons (Fsp3) is 0.353. The normalized spacial score (nSPS) is 17.8. The summed E-state index contributed by atoms with van der Waals surface area (Å²) in [6, 6.07) is 6.25. The Hall–Kier alpha value is -2.21. The summed E-state index contributed by atoms with van der Waals surface area (Å²) in [5, 5.41) is 6.71. The quantitative estimate of drug-likeness (QED) is 0.797. The molecule has 6 heteroatoms. The van der Waals surface area contributed by atoms with Crippen molar-refractivity contribution in [1.29, 1.82) is 0 Å². The van der Waals surface area contributed by atoms with Crippen molar-refractivity contribution >= 4 is 33.2 Å². The van der Waals surface area contributed by atoms with Crippen LogP contribution in [0.1, 0.15) is 12.0 Å². The van der Waals surface area contributed by atoms with Crippen LogP contribution in [0.3, 0.4) is 0 Å². The second-order valence-electron chi connectivity index (χ2n) is 6.04. The first-order valence-electron chi connectivity index (χ1n) is 7.89. The summed E-state index contributed by atoms with van der Waals surface area (Å²) in [7, 11) is 0. The van der Waals surface area contributed by atoms with Gasteiger partial charge in [0.1, 0.15) is 22.8 Å². The van der Waals surface area contributed by atoms with Gasteiger partial charge < -0.3 is 10.2 Å². The van der Waals surface area contributed by atoms with E-state index in [1.807, 2.05) is 12.3 Å². The number of anilines is 2. The van der Waals surface area contributed by atoms with Crippen LogP contribution in [0, 0.1) is 12.8 Å². The lowest BCUT2D eigenvalue weighted by Gasteiger charge is -2.18. The molecule has 0 radical (unpaired) electrons. The molecule has 3 aromatic rings. The van der Waals surface area contributed by atoms with Crippen LogP contribution in [0.4, 0.5) is 11.6 Å². The molecule has 1 fully saturated rings. The third-order valence-electron chi connectivity index (χ3n) is 4.31. The Morgan fingerprint density at radius 3 is 3.09 bits per heavy atom. The molecule has 0 amide bonds. The molecule has 4 rings (SSSR count). The van der Waals surface area contributed by atoms with E-state index >= 15 is 0 Å². The molecule has 0 spiro atoms. The van der Waals surface area contributed by atoms with Gasteiger partial charge in [0.05, 0.1) is 5.39 Å². The van der Waals surface area contributed by atoms with Gasteiger partial charge in [0.25, 0.3) is 0 Å². The minimum atomic E-state index is 0.613. The fourth-order valence-electron chi connectivity index (χ4n) is 3.04. The zero-order valence-electron chi connectivity index (χ0n) is 13.1. The van der Waals surface area contributed by atoms with E-state index < -0.39 is 0 Å². The van der Waals surface area contributed by atoms with E-state index in [9.17, 15) is 0 Å². The number of nitrogens with one attached hydrogen (secondary N) is 1. The molecule has 1 saturated heterocycles. The van der Waals surface area contributed by atoms with E-state index in [2.05, 4.69) is 49.6 Å². The molecule has 1 aliphatic heterocycles. The minimum absolute atomic E-state index is 0.613. The highest BCUT2D eigenvalue weighted by molar-refractivity contribution is 7.16. The van der Waals surface area contributed by atoms with Crippen molar-refractivity contribution in [3.63, 3.8) is 0 Å². The zero-order valence-corrected chi connectivity index (χ0v) is 13.9. The summed E-state index contributed by atoms with van der Waals surface area (Å²) >= 11 is 1.67. The Bertz CT molecular complexity index is 798. The predicted octanol–water partition coefficient (Wildman–Crippen LogP) is 3.33. The lowest BCUT2D eigenvalue weighted by Crippen LogP contribution is -2.23. The zero-order chi connectivity index (χ0) is 15.6. The molecule has 0 bridgehead atoms. The highest BCUT2D eigenvalue weighted by Crippen LogP contribution is 2.30. The van der Waals surface area contributed by atoms with Gasteiger partial charge in [-0.1, -0.05) is 6.07 Å². The fourth-order valence-corrected chi connectivity index (χ4v) is 3.77. The van der Waals surface area contributed by atoms with Crippen LogP contribution in [0.25, 0.3) is 10.2 Å². The molecular formula is C17H19N5S. The van der Waals surface area contributed by atoms with Gasteiger partial charge in [0, 0.05) is 25.8 Å². The van der Waals surface area contributed by atoms with Gasteiger partial charge >= 0.3 is 0 Å². The molecular weight excluding hydrogens is 306 g/mol. The third-order valence-corrected chi connectivity index (χ3v) is 5.13. The Labute approximate surface area is 139 Å². The largest absolute Gasteiger partial charge is 0.370 e. The van der Waals surface area contributed by atoms with E-state index in [0.29, 0.717) is 5.92 Å². The number of pyridine rings is 1. The van der Waals surface area contributed by atoms with Crippen molar-refractivity contribution in [2.75, 3.05) is 29.9 Å². The molecule has 4 heterocycles. The number of thiophene rings is 1. The van der Waals surface area contributed by atoms with Gasteiger partial charge in [0.2, 0.25) is 0 Å². The van der Waals surface area contributed by atoms with Crippen molar-refractivity contribution in [2.45, 2.75) is 13.3 Å². The number of nitrogens with zero attached hydrogens (tertiary/aromatic N) is 4. The predicted molar refractivity (Wildman–Crippen MR) is 95.2 cm³/mol. The smallest absolute Gasteiger partial charge is 0.140 e. The Morgan fingerprint density at radius 1 is 1.26 bits per heavy atom. The van der Waals surface area contributed by atoms with Crippen molar-refractivity contribution in [3.8, 4) is 0 Å². The summed E-state index contributed by atoms with van der Waals surface area (Å²) < 4.78 is 0. The minimum Gasteiger partial charge on any atom is -0.370 e. The summed E-state index contributed by atoms with van der Waals surface area (Å²) in [5.74, 6) is 2.64. The van der Waals surface area contributed by atoms with E-state index in [0.717, 1.165) is 36.1 Å². The van der Waals surface area contributed by atoms with E-state index in [1.165, 1.54) is 17.4 Å². The van der Waals surface area contributed by atoms with Crippen LogP contribution in [0.5, 0.6) is 0 Å². The van der Waals surface area contributed by atoms with Crippen molar-refractivity contribution in [1.82, 2.24) is 15.0 Å². The highest BCUT2D eigenvalue weighted by atomic mass is 32.1. The average Bonchev–Trinajstić information content (AvgIpc) is 3.23. The highest BCUT2D eigenvalue weighted by Gasteiger charge is 2.25. The lowest BCUT2D eigenvalue weighted by atomic mass is 10.1. The Morgan fingerprint density at radius 2 is 2.22 bits per heavy atom. The van der Waals surface area contributed by atoms with Gasteiger partial charge in [-0.2, -0.15) is 0 Å². The average molecular weight is 325 g/mol. The maximum Gasteiger partial charge on any atom is 0.140 e. The Kier molecular flexibility index (Phi) is 3.83. The molecule has 0 aromatic carbocycles. The SMILES string of the molecule is Cc1ccc(NC[C@@H]2CCN(c3ncnc4sccc34)C2)nc1. The summed E-state index contributed by atoms with van der Waals surface area (Å²) in [4.78, 5) is 16.7. The van der Waals surface area contributed by atoms with E-state index in [4.69, 9.17) is 0 Å². The van der Waals surface area contributed by atoms with Gasteiger partial charge in [-0.05, 0) is 42.3 Å². The number of aromatic nitrogens is 3. The molecule has 1 N–H and O–H groups in total. The van der Waals surface area contributed by atoms with Crippen molar-refractivity contribution < 1.29 is 0 Å². The number of rotatable bonds is 4. The molecule has 1 atom stereocenters. The first kappa shape index (κ1) is 14.4. The van der Waals surface area contributed by atoms with Gasteiger partial charge in [-0.15, -0.1) is 11.3 Å².